The molecule has 3 heterocycles. The van der Waals surface area contributed by atoms with Crippen molar-refractivity contribution in [2.75, 3.05) is 19.0 Å². The van der Waals surface area contributed by atoms with Crippen LogP contribution in [0.1, 0.15) is 42.3 Å². The van der Waals surface area contributed by atoms with Gasteiger partial charge in [0.2, 0.25) is 11.7 Å². The number of fused-ring (bicyclic) bond motifs is 1. The molecular formula is C22H26N6O2. The first-order valence-electron chi connectivity index (χ1n) is 9.91. The summed E-state index contributed by atoms with van der Waals surface area (Å²) in [6.07, 6.45) is 10.2. The highest BCUT2D eigenvalue weighted by atomic mass is 16.2. The molecule has 2 aromatic heterocycles. The lowest BCUT2D eigenvalue weighted by Crippen LogP contribution is -2.31. The maximum absolute atomic E-state index is 13.4. The largest absolute Gasteiger partial charge is 0.342 e. The van der Waals surface area contributed by atoms with Crippen molar-refractivity contribution in [2.45, 2.75) is 27.2 Å². The van der Waals surface area contributed by atoms with Gasteiger partial charge in [-0.1, -0.05) is 19.9 Å². The Labute approximate surface area is 175 Å². The molecule has 1 unspecified atom stereocenters. The molecule has 0 saturated carbocycles. The predicted molar refractivity (Wildman–Crippen MR) is 113 cm³/mol. The van der Waals surface area contributed by atoms with Crippen molar-refractivity contribution in [3.63, 3.8) is 0 Å². The number of hydrogen-bond donors (Lipinski definition) is 0. The molecule has 1 fully saturated rings. The van der Waals surface area contributed by atoms with Gasteiger partial charge in [-0.15, -0.1) is 0 Å². The zero-order valence-corrected chi connectivity index (χ0v) is 18.2. The molecule has 4 rings (SSSR count). The quantitative estimate of drug-likeness (QED) is 0.782. The number of rotatable bonds is 3. The summed E-state index contributed by atoms with van der Waals surface area (Å²) in [5, 5.41) is 0. The third-order valence-electron chi connectivity index (χ3n) is 5.92. The van der Waals surface area contributed by atoms with Gasteiger partial charge in [0.05, 0.1) is 5.41 Å². The third-order valence-corrected chi connectivity index (χ3v) is 5.92. The Hall–Kier alpha value is -3.29. The molecule has 0 radical (unpaired) electrons. The topological polar surface area (TPSA) is 84.2 Å². The van der Waals surface area contributed by atoms with E-state index in [1.165, 1.54) is 4.90 Å². The second-order valence-corrected chi connectivity index (χ2v) is 8.63. The first-order chi connectivity index (χ1) is 14.1. The Balaban J connectivity index is 1.79. The minimum absolute atomic E-state index is 0.0180. The van der Waals surface area contributed by atoms with E-state index in [0.717, 1.165) is 23.3 Å². The van der Waals surface area contributed by atoms with Crippen LogP contribution in [-0.2, 0) is 11.8 Å². The summed E-state index contributed by atoms with van der Waals surface area (Å²) in [6.45, 7) is 5.79. The highest BCUT2D eigenvalue weighted by molar-refractivity contribution is 6.04. The Morgan fingerprint density at radius 3 is 2.53 bits per heavy atom. The number of carbonyl (C=O) groups excluding carboxylic acids is 2. The van der Waals surface area contributed by atoms with Gasteiger partial charge in [0.25, 0.3) is 5.91 Å². The standard InChI is InChI=1S/C22H26N6O2/c1-13-23-10-15(11-24-13)14-7-8-16-17(9-14)28(21(30)22(16,2)3)18-12-27(6)19(25-18)20(29)26(4)5/h7,9-12,16H,8H2,1-6H3. The van der Waals surface area contributed by atoms with Crippen LogP contribution in [0.5, 0.6) is 0 Å². The van der Waals surface area contributed by atoms with E-state index in [9.17, 15) is 9.59 Å². The van der Waals surface area contributed by atoms with Crippen LogP contribution < -0.4 is 4.90 Å². The normalized spacial score (nSPS) is 20.0. The molecule has 2 amide bonds. The van der Waals surface area contributed by atoms with E-state index in [0.29, 0.717) is 17.5 Å². The minimum atomic E-state index is -0.569. The number of carbonyl (C=O) groups is 2. The summed E-state index contributed by atoms with van der Waals surface area (Å²) in [5.41, 5.74) is 2.22. The molecule has 0 spiro atoms. The molecule has 156 valence electrons. The molecule has 30 heavy (non-hydrogen) atoms. The molecule has 0 bridgehead atoms. The minimum Gasteiger partial charge on any atom is -0.342 e. The molecule has 2 aromatic rings. The molecule has 1 aliphatic carbocycles. The maximum Gasteiger partial charge on any atom is 0.289 e. The average molecular weight is 406 g/mol. The van der Waals surface area contributed by atoms with Crippen molar-refractivity contribution in [3.8, 4) is 0 Å². The number of anilines is 1. The summed E-state index contributed by atoms with van der Waals surface area (Å²) in [5.74, 6) is 1.29. The number of imidazole rings is 1. The lowest BCUT2D eigenvalue weighted by molar-refractivity contribution is -0.125. The number of aromatic nitrogens is 4. The molecular weight excluding hydrogens is 380 g/mol. The van der Waals surface area contributed by atoms with Crippen LogP contribution >= 0.6 is 0 Å². The van der Waals surface area contributed by atoms with E-state index < -0.39 is 5.41 Å². The molecule has 0 aromatic carbocycles. The molecule has 8 heteroatoms. The lowest BCUT2D eigenvalue weighted by atomic mass is 9.75. The monoisotopic (exact) mass is 406 g/mol. The van der Waals surface area contributed by atoms with E-state index in [-0.39, 0.29) is 17.7 Å². The maximum atomic E-state index is 13.4. The summed E-state index contributed by atoms with van der Waals surface area (Å²) in [7, 11) is 5.13. The average Bonchev–Trinajstić information content (AvgIpc) is 3.16. The Morgan fingerprint density at radius 1 is 1.23 bits per heavy atom. The van der Waals surface area contributed by atoms with Crippen LogP contribution in [-0.4, -0.2) is 50.3 Å². The van der Waals surface area contributed by atoms with Gasteiger partial charge < -0.3 is 9.47 Å². The SMILES string of the molecule is Cc1ncc(C2=CCC3C(=C2)N(c2cn(C)c(C(=O)N(C)C)n2)C(=O)C3(C)C)cn1. The van der Waals surface area contributed by atoms with Gasteiger partial charge in [-0.25, -0.2) is 15.0 Å². The fraction of sp³-hybridized carbons (Fsp3) is 0.409. The zero-order chi connectivity index (χ0) is 21.8. The third kappa shape index (κ3) is 3.03. The first-order valence-corrected chi connectivity index (χ1v) is 9.91. The van der Waals surface area contributed by atoms with Gasteiger partial charge in [-0.05, 0) is 25.0 Å². The van der Waals surface area contributed by atoms with Gasteiger partial charge in [-0.2, -0.15) is 0 Å². The fourth-order valence-corrected chi connectivity index (χ4v) is 4.06. The van der Waals surface area contributed by atoms with Crippen molar-refractivity contribution < 1.29 is 9.59 Å². The van der Waals surface area contributed by atoms with Crippen molar-refractivity contribution in [1.82, 2.24) is 24.4 Å². The van der Waals surface area contributed by atoms with Crippen molar-refractivity contribution >= 4 is 23.2 Å². The van der Waals surface area contributed by atoms with Crippen LogP contribution in [0.4, 0.5) is 5.82 Å². The number of nitrogens with zero attached hydrogens (tertiary/aromatic N) is 6. The summed E-state index contributed by atoms with van der Waals surface area (Å²) >= 11 is 0. The molecule has 1 saturated heterocycles. The van der Waals surface area contributed by atoms with Crippen LogP contribution in [0.25, 0.3) is 5.57 Å². The summed E-state index contributed by atoms with van der Waals surface area (Å²) in [6, 6.07) is 0. The molecule has 8 nitrogen and oxygen atoms in total. The van der Waals surface area contributed by atoms with Crippen LogP contribution in [0.15, 0.2) is 36.4 Å². The van der Waals surface area contributed by atoms with Crippen LogP contribution in [0.3, 0.4) is 0 Å². The fourth-order valence-electron chi connectivity index (χ4n) is 4.06. The van der Waals surface area contributed by atoms with E-state index >= 15 is 0 Å². The van der Waals surface area contributed by atoms with Crippen LogP contribution in [0, 0.1) is 18.3 Å². The first kappa shape index (κ1) is 20.0. The molecule has 0 N–H and O–H groups in total. The predicted octanol–water partition coefficient (Wildman–Crippen LogP) is 2.58. The van der Waals surface area contributed by atoms with E-state index in [1.807, 2.05) is 26.8 Å². The van der Waals surface area contributed by atoms with E-state index in [4.69, 9.17) is 0 Å². The Bertz CT molecular complexity index is 1090. The van der Waals surface area contributed by atoms with Gasteiger partial charge in [0.15, 0.2) is 5.82 Å². The Morgan fingerprint density at radius 2 is 1.90 bits per heavy atom. The summed E-state index contributed by atoms with van der Waals surface area (Å²) < 4.78 is 1.67. The van der Waals surface area contributed by atoms with E-state index in [1.54, 1.807) is 49.2 Å². The second-order valence-electron chi connectivity index (χ2n) is 8.63. The molecule has 2 aliphatic rings. The molecule has 1 aliphatic heterocycles. The zero-order valence-electron chi connectivity index (χ0n) is 18.2. The Kier molecular flexibility index (Phi) is 4.60. The number of amides is 2. The van der Waals surface area contributed by atoms with Gasteiger partial charge >= 0.3 is 0 Å². The van der Waals surface area contributed by atoms with Gasteiger partial charge in [-0.3, -0.25) is 14.5 Å². The molecule has 1 atom stereocenters. The number of allylic oxidation sites excluding steroid dienone is 4. The highest BCUT2D eigenvalue weighted by Crippen LogP contribution is 2.50. The number of hydrogen-bond acceptors (Lipinski definition) is 5. The van der Waals surface area contributed by atoms with Crippen LogP contribution in [0.2, 0.25) is 0 Å². The highest BCUT2D eigenvalue weighted by Gasteiger charge is 2.52. The van der Waals surface area contributed by atoms with E-state index in [2.05, 4.69) is 21.0 Å². The van der Waals surface area contributed by atoms with Crippen molar-refractivity contribution in [2.24, 2.45) is 18.4 Å². The van der Waals surface area contributed by atoms with Gasteiger partial charge in [0, 0.05) is 56.9 Å². The number of aryl methyl sites for hydroxylation is 2. The second kappa shape index (κ2) is 6.90. The van der Waals surface area contributed by atoms with Crippen molar-refractivity contribution in [1.29, 1.82) is 0 Å². The smallest absolute Gasteiger partial charge is 0.289 e. The lowest BCUT2D eigenvalue weighted by Gasteiger charge is -2.25. The summed E-state index contributed by atoms with van der Waals surface area (Å²) in [4.78, 5) is 42.1. The van der Waals surface area contributed by atoms with Gasteiger partial charge in [0.1, 0.15) is 5.82 Å². The van der Waals surface area contributed by atoms with Crippen molar-refractivity contribution in [3.05, 3.63) is 53.7 Å².